The lowest BCUT2D eigenvalue weighted by Crippen LogP contribution is -2.54. The van der Waals surface area contributed by atoms with Crippen LogP contribution in [0.3, 0.4) is 0 Å². The number of carboxylic acids is 1. The standard InChI is InChI=1S/C16H30N4O5/c1-6-9(4)13(16(24)25)20-14(22)10(5)19-11(21)7-18-15(23)12(17)8(2)3/h8-10,12-13H,6-7,17H2,1-5H3,(H,18,23)(H,19,21)(H,20,22)(H,24,25). The van der Waals surface area contributed by atoms with Crippen LogP contribution in [0.1, 0.15) is 41.0 Å². The van der Waals surface area contributed by atoms with Crippen LogP contribution in [-0.2, 0) is 19.2 Å². The molecule has 25 heavy (non-hydrogen) atoms. The molecule has 0 aliphatic rings. The monoisotopic (exact) mass is 358 g/mol. The second-order valence-corrected chi connectivity index (χ2v) is 6.49. The van der Waals surface area contributed by atoms with E-state index < -0.39 is 41.8 Å². The fraction of sp³-hybridized carbons (Fsp3) is 0.750. The Hall–Kier alpha value is -2.16. The quantitative estimate of drug-likeness (QED) is 0.345. The predicted octanol–water partition coefficient (Wildman–Crippen LogP) is -0.794. The molecule has 0 saturated heterocycles. The maximum atomic E-state index is 12.1. The Balaban J connectivity index is 4.49. The van der Waals surface area contributed by atoms with Gasteiger partial charge in [-0.2, -0.15) is 0 Å². The van der Waals surface area contributed by atoms with Crippen LogP contribution in [0.2, 0.25) is 0 Å². The highest BCUT2D eigenvalue weighted by atomic mass is 16.4. The van der Waals surface area contributed by atoms with E-state index in [1.165, 1.54) is 6.92 Å². The van der Waals surface area contributed by atoms with Gasteiger partial charge in [0.15, 0.2) is 0 Å². The fourth-order valence-electron chi connectivity index (χ4n) is 1.91. The molecule has 4 atom stereocenters. The summed E-state index contributed by atoms with van der Waals surface area (Å²) in [5.74, 6) is -3.07. The first-order valence-corrected chi connectivity index (χ1v) is 8.37. The lowest BCUT2D eigenvalue weighted by molar-refractivity contribution is -0.143. The van der Waals surface area contributed by atoms with Gasteiger partial charge < -0.3 is 26.8 Å². The first-order chi connectivity index (χ1) is 11.5. The molecule has 9 nitrogen and oxygen atoms in total. The molecule has 0 saturated carbocycles. The van der Waals surface area contributed by atoms with Crippen LogP contribution < -0.4 is 21.7 Å². The average Bonchev–Trinajstić information content (AvgIpc) is 2.55. The van der Waals surface area contributed by atoms with Crippen LogP contribution in [0.15, 0.2) is 0 Å². The van der Waals surface area contributed by atoms with E-state index in [-0.39, 0.29) is 18.4 Å². The zero-order valence-electron chi connectivity index (χ0n) is 15.5. The Morgan fingerprint density at radius 1 is 1.00 bits per heavy atom. The Bertz CT molecular complexity index is 495. The number of hydrogen-bond donors (Lipinski definition) is 5. The fourth-order valence-corrected chi connectivity index (χ4v) is 1.91. The van der Waals surface area contributed by atoms with Crippen molar-refractivity contribution in [2.75, 3.05) is 6.54 Å². The van der Waals surface area contributed by atoms with E-state index in [4.69, 9.17) is 10.8 Å². The number of amides is 3. The minimum Gasteiger partial charge on any atom is -0.480 e. The van der Waals surface area contributed by atoms with Crippen molar-refractivity contribution in [1.82, 2.24) is 16.0 Å². The molecule has 0 fully saturated rings. The van der Waals surface area contributed by atoms with Crippen molar-refractivity contribution < 1.29 is 24.3 Å². The summed E-state index contributed by atoms with van der Waals surface area (Å²) >= 11 is 0. The van der Waals surface area contributed by atoms with Gasteiger partial charge in [0.05, 0.1) is 12.6 Å². The Morgan fingerprint density at radius 3 is 2.00 bits per heavy atom. The third kappa shape index (κ3) is 7.97. The number of nitrogens with one attached hydrogen (secondary N) is 3. The minimum atomic E-state index is -1.13. The summed E-state index contributed by atoms with van der Waals surface area (Å²) in [4.78, 5) is 46.7. The molecule has 0 aromatic carbocycles. The largest absolute Gasteiger partial charge is 0.480 e. The summed E-state index contributed by atoms with van der Waals surface area (Å²) in [6.07, 6.45) is 0.583. The second kappa shape index (κ2) is 10.7. The molecule has 0 aromatic rings. The maximum absolute atomic E-state index is 12.1. The normalized spacial score (nSPS) is 15.6. The van der Waals surface area contributed by atoms with Gasteiger partial charge in [0.1, 0.15) is 12.1 Å². The van der Waals surface area contributed by atoms with Crippen molar-refractivity contribution in [1.29, 1.82) is 0 Å². The van der Waals surface area contributed by atoms with E-state index in [1.807, 2.05) is 6.92 Å². The van der Waals surface area contributed by atoms with Gasteiger partial charge >= 0.3 is 5.97 Å². The highest BCUT2D eigenvalue weighted by molar-refractivity contribution is 5.92. The molecule has 0 radical (unpaired) electrons. The first-order valence-electron chi connectivity index (χ1n) is 8.37. The van der Waals surface area contributed by atoms with E-state index in [9.17, 15) is 19.2 Å². The highest BCUT2D eigenvalue weighted by Gasteiger charge is 2.27. The van der Waals surface area contributed by atoms with E-state index >= 15 is 0 Å². The molecule has 0 aliphatic carbocycles. The maximum Gasteiger partial charge on any atom is 0.326 e. The van der Waals surface area contributed by atoms with Gasteiger partial charge in [-0.25, -0.2) is 4.79 Å². The highest BCUT2D eigenvalue weighted by Crippen LogP contribution is 2.08. The van der Waals surface area contributed by atoms with Gasteiger partial charge in [0.25, 0.3) is 0 Å². The van der Waals surface area contributed by atoms with Gasteiger partial charge in [-0.3, -0.25) is 14.4 Å². The van der Waals surface area contributed by atoms with Crippen molar-refractivity contribution in [2.24, 2.45) is 17.6 Å². The molecule has 0 aliphatic heterocycles. The second-order valence-electron chi connectivity index (χ2n) is 6.49. The zero-order chi connectivity index (χ0) is 19.7. The topological polar surface area (TPSA) is 151 Å². The van der Waals surface area contributed by atoms with E-state index in [2.05, 4.69) is 16.0 Å². The molecule has 0 spiro atoms. The van der Waals surface area contributed by atoms with E-state index in [0.717, 1.165) is 0 Å². The molecule has 144 valence electrons. The molecule has 6 N–H and O–H groups in total. The molecule has 9 heteroatoms. The summed E-state index contributed by atoms with van der Waals surface area (Å²) in [7, 11) is 0. The van der Waals surface area contributed by atoms with Gasteiger partial charge in [-0.1, -0.05) is 34.1 Å². The van der Waals surface area contributed by atoms with Gasteiger partial charge in [0.2, 0.25) is 17.7 Å². The predicted molar refractivity (Wildman–Crippen MR) is 92.4 cm³/mol. The molecular formula is C16H30N4O5. The van der Waals surface area contributed by atoms with Crippen molar-refractivity contribution in [2.45, 2.75) is 59.2 Å². The van der Waals surface area contributed by atoms with Crippen LogP contribution in [-0.4, -0.2) is 53.5 Å². The summed E-state index contributed by atoms with van der Waals surface area (Å²) in [5.41, 5.74) is 5.66. The van der Waals surface area contributed by atoms with Gasteiger partial charge in [-0.05, 0) is 18.8 Å². The van der Waals surface area contributed by atoms with Crippen LogP contribution >= 0.6 is 0 Å². The lowest BCUT2D eigenvalue weighted by atomic mass is 9.99. The lowest BCUT2D eigenvalue weighted by Gasteiger charge is -2.22. The first kappa shape index (κ1) is 22.8. The number of carbonyl (C=O) groups is 4. The van der Waals surface area contributed by atoms with Crippen molar-refractivity contribution in [3.8, 4) is 0 Å². The number of carboxylic acid groups (broad SMARTS) is 1. The molecule has 0 bridgehead atoms. The number of aliphatic carboxylic acids is 1. The van der Waals surface area contributed by atoms with Crippen molar-refractivity contribution in [3.05, 3.63) is 0 Å². The van der Waals surface area contributed by atoms with E-state index in [0.29, 0.717) is 6.42 Å². The van der Waals surface area contributed by atoms with E-state index in [1.54, 1.807) is 20.8 Å². The minimum absolute atomic E-state index is 0.0683. The third-order valence-corrected chi connectivity index (χ3v) is 3.99. The number of nitrogens with two attached hydrogens (primary N) is 1. The summed E-state index contributed by atoms with van der Waals surface area (Å²) in [6.45, 7) is 8.23. The Labute approximate surface area is 148 Å². The van der Waals surface area contributed by atoms with Crippen LogP contribution in [0.25, 0.3) is 0 Å². The SMILES string of the molecule is CCC(C)C(NC(=O)C(C)NC(=O)CNC(=O)C(N)C(C)C)C(=O)O. The smallest absolute Gasteiger partial charge is 0.326 e. The molecule has 0 heterocycles. The zero-order valence-corrected chi connectivity index (χ0v) is 15.5. The van der Waals surface area contributed by atoms with Gasteiger partial charge in [-0.15, -0.1) is 0 Å². The van der Waals surface area contributed by atoms with Crippen LogP contribution in [0.5, 0.6) is 0 Å². The number of hydrogen-bond acceptors (Lipinski definition) is 5. The summed E-state index contributed by atoms with van der Waals surface area (Å²) in [5, 5.41) is 16.4. The Kier molecular flexibility index (Phi) is 9.73. The van der Waals surface area contributed by atoms with Gasteiger partial charge in [0, 0.05) is 0 Å². The molecule has 0 aromatic heterocycles. The summed E-state index contributed by atoms with van der Waals surface area (Å²) < 4.78 is 0. The van der Waals surface area contributed by atoms with Crippen LogP contribution in [0.4, 0.5) is 0 Å². The molecule has 3 amide bonds. The third-order valence-electron chi connectivity index (χ3n) is 3.99. The Morgan fingerprint density at radius 2 is 1.56 bits per heavy atom. The van der Waals surface area contributed by atoms with Crippen molar-refractivity contribution >= 4 is 23.7 Å². The summed E-state index contributed by atoms with van der Waals surface area (Å²) in [6, 6.07) is -2.69. The number of carbonyl (C=O) groups excluding carboxylic acids is 3. The van der Waals surface area contributed by atoms with Crippen molar-refractivity contribution in [3.63, 3.8) is 0 Å². The molecule has 0 rings (SSSR count). The molecule has 4 unspecified atom stereocenters. The van der Waals surface area contributed by atoms with Crippen LogP contribution in [0, 0.1) is 11.8 Å². The number of rotatable bonds is 10. The average molecular weight is 358 g/mol. The molecular weight excluding hydrogens is 328 g/mol.